The van der Waals surface area contributed by atoms with Crippen LogP contribution in [0.4, 0.5) is 10.2 Å². The molecule has 0 unspecified atom stereocenters. The van der Waals surface area contributed by atoms with Gasteiger partial charge in [0, 0.05) is 50.8 Å². The molecule has 1 saturated heterocycles. The Morgan fingerprint density at radius 2 is 2.14 bits per heavy atom. The minimum Gasteiger partial charge on any atom is -0.481 e. The zero-order valence-corrected chi connectivity index (χ0v) is 21.3. The van der Waals surface area contributed by atoms with E-state index in [4.69, 9.17) is 4.74 Å². The highest BCUT2D eigenvalue weighted by molar-refractivity contribution is 8.00. The Bertz CT molecular complexity index is 1360. The van der Waals surface area contributed by atoms with Crippen LogP contribution >= 0.6 is 11.8 Å². The fourth-order valence-electron chi connectivity index (χ4n) is 4.72. The summed E-state index contributed by atoms with van der Waals surface area (Å²) in [4.78, 5) is 41.9. The zero-order valence-electron chi connectivity index (χ0n) is 20.5. The Morgan fingerprint density at radius 1 is 1.30 bits per heavy atom. The Morgan fingerprint density at radius 3 is 2.95 bits per heavy atom. The Labute approximate surface area is 217 Å². The number of anilines is 1. The van der Waals surface area contributed by atoms with Crippen molar-refractivity contribution in [2.75, 3.05) is 51.4 Å². The first-order valence-electron chi connectivity index (χ1n) is 11.9. The second kappa shape index (κ2) is 10.6. The number of likely N-dealkylation sites (tertiary alicyclic amines) is 1. The number of methoxy groups -OCH3 is 1. The van der Waals surface area contributed by atoms with E-state index >= 15 is 0 Å². The van der Waals surface area contributed by atoms with Gasteiger partial charge in [-0.2, -0.15) is 0 Å². The molecule has 5 heterocycles. The first-order chi connectivity index (χ1) is 17.8. The van der Waals surface area contributed by atoms with Crippen LogP contribution in [-0.2, 0) is 11.2 Å². The standard InChI is InChI=1S/C25H27FN6O4S/c1-31(25(35)18-3-5-20-24(28-18)29-21(34)13-37-20)10-14-11-32(12-19(14)33)8-7-15-16(26)9-27-17-4-6-22(36-2)30-23(15)17/h3-6,9,14,19,33H,7-8,10-13H2,1-2H3,(H,28,29,34)/t14-,19+/m0/s1. The number of aliphatic hydroxyl groups is 1. The van der Waals surface area contributed by atoms with Crippen molar-refractivity contribution in [1.29, 1.82) is 0 Å². The number of amides is 2. The van der Waals surface area contributed by atoms with E-state index in [1.54, 1.807) is 31.3 Å². The first-order valence-corrected chi connectivity index (χ1v) is 12.9. The molecule has 0 bridgehead atoms. The molecule has 0 spiro atoms. The van der Waals surface area contributed by atoms with E-state index < -0.39 is 11.9 Å². The topological polar surface area (TPSA) is 121 Å². The lowest BCUT2D eigenvalue weighted by molar-refractivity contribution is -0.113. The van der Waals surface area contributed by atoms with Crippen LogP contribution in [0, 0.1) is 11.7 Å². The van der Waals surface area contributed by atoms with Gasteiger partial charge in [-0.05, 0) is 24.6 Å². The number of thioether (sulfide) groups is 1. The van der Waals surface area contributed by atoms with Gasteiger partial charge in [0.15, 0.2) is 0 Å². The maximum absolute atomic E-state index is 14.6. The van der Waals surface area contributed by atoms with Gasteiger partial charge >= 0.3 is 0 Å². The van der Waals surface area contributed by atoms with Crippen LogP contribution in [0.1, 0.15) is 16.1 Å². The second-order valence-corrected chi connectivity index (χ2v) is 10.2. The molecule has 3 aromatic rings. The van der Waals surface area contributed by atoms with Crippen molar-refractivity contribution < 1.29 is 23.8 Å². The monoisotopic (exact) mass is 526 g/mol. The molecule has 37 heavy (non-hydrogen) atoms. The molecule has 0 saturated carbocycles. The first kappa shape index (κ1) is 25.3. The van der Waals surface area contributed by atoms with Gasteiger partial charge < -0.3 is 20.1 Å². The Balaban J connectivity index is 1.21. The normalized spacial score (nSPS) is 19.5. The summed E-state index contributed by atoms with van der Waals surface area (Å²) in [6.07, 6.45) is 0.967. The van der Waals surface area contributed by atoms with Gasteiger partial charge in [0.2, 0.25) is 11.8 Å². The molecule has 2 amide bonds. The molecule has 2 aliphatic rings. The molecule has 10 nitrogen and oxygen atoms in total. The maximum Gasteiger partial charge on any atom is 0.272 e. The van der Waals surface area contributed by atoms with E-state index in [9.17, 15) is 19.1 Å². The third-order valence-electron chi connectivity index (χ3n) is 6.66. The predicted molar refractivity (Wildman–Crippen MR) is 136 cm³/mol. The lowest BCUT2D eigenvalue weighted by Crippen LogP contribution is -2.36. The fourth-order valence-corrected chi connectivity index (χ4v) is 5.47. The Hall–Kier alpha value is -3.35. The van der Waals surface area contributed by atoms with E-state index in [-0.39, 0.29) is 23.4 Å². The highest BCUT2D eigenvalue weighted by Crippen LogP contribution is 2.30. The van der Waals surface area contributed by atoms with Crippen molar-refractivity contribution in [3.8, 4) is 5.88 Å². The summed E-state index contributed by atoms with van der Waals surface area (Å²) >= 11 is 1.38. The molecule has 0 aromatic carbocycles. The quantitative estimate of drug-likeness (QED) is 0.475. The van der Waals surface area contributed by atoms with E-state index in [2.05, 4.69) is 25.2 Å². The van der Waals surface area contributed by atoms with Crippen molar-refractivity contribution >= 4 is 40.4 Å². The number of ether oxygens (including phenoxy) is 1. The number of carbonyl (C=O) groups is 2. The zero-order chi connectivity index (χ0) is 26.1. The molecule has 12 heteroatoms. The lowest BCUT2D eigenvalue weighted by atomic mass is 10.1. The summed E-state index contributed by atoms with van der Waals surface area (Å²) in [7, 11) is 3.18. The fraction of sp³-hybridized carbons (Fsp3) is 0.400. The van der Waals surface area contributed by atoms with Gasteiger partial charge in [0.25, 0.3) is 5.91 Å². The van der Waals surface area contributed by atoms with Gasteiger partial charge in [-0.3, -0.25) is 19.5 Å². The molecule has 5 rings (SSSR count). The highest BCUT2D eigenvalue weighted by Gasteiger charge is 2.33. The van der Waals surface area contributed by atoms with Crippen molar-refractivity contribution in [3.63, 3.8) is 0 Å². The van der Waals surface area contributed by atoms with Gasteiger partial charge in [0.1, 0.15) is 17.3 Å². The lowest BCUT2D eigenvalue weighted by Gasteiger charge is -2.23. The van der Waals surface area contributed by atoms with E-state index in [0.29, 0.717) is 66.6 Å². The number of nitrogens with one attached hydrogen (secondary N) is 1. The summed E-state index contributed by atoms with van der Waals surface area (Å²) in [6.45, 7) is 1.84. The molecule has 0 radical (unpaired) electrons. The third-order valence-corrected chi connectivity index (χ3v) is 7.70. The molecule has 2 aliphatic heterocycles. The number of aliphatic hydroxyl groups excluding tert-OH is 1. The summed E-state index contributed by atoms with van der Waals surface area (Å²) in [5, 5.41) is 13.4. The molecule has 2 atom stereocenters. The number of hydrogen-bond acceptors (Lipinski definition) is 9. The molecular formula is C25H27FN6O4S. The summed E-state index contributed by atoms with van der Waals surface area (Å²) in [5.74, 6) is 0.0826. The molecule has 3 aromatic heterocycles. The average molecular weight is 527 g/mol. The van der Waals surface area contributed by atoms with Crippen LogP contribution in [0.2, 0.25) is 0 Å². The van der Waals surface area contributed by atoms with Crippen LogP contribution in [0.3, 0.4) is 0 Å². The number of rotatable bonds is 7. The third kappa shape index (κ3) is 5.36. The number of hydrogen-bond donors (Lipinski definition) is 2. The van der Waals surface area contributed by atoms with Gasteiger partial charge in [-0.1, -0.05) is 0 Å². The number of aromatic nitrogens is 3. The van der Waals surface area contributed by atoms with Crippen molar-refractivity contribution in [2.45, 2.75) is 17.4 Å². The molecule has 1 fully saturated rings. The largest absolute Gasteiger partial charge is 0.481 e. The number of halogens is 1. The minimum atomic E-state index is -0.625. The molecule has 2 N–H and O–H groups in total. The van der Waals surface area contributed by atoms with Crippen molar-refractivity contribution in [3.05, 3.63) is 47.5 Å². The molecular weight excluding hydrogens is 499 g/mol. The number of pyridine rings is 3. The molecule has 194 valence electrons. The van der Waals surface area contributed by atoms with E-state index in [0.717, 1.165) is 4.90 Å². The Kier molecular flexibility index (Phi) is 7.22. The second-order valence-electron chi connectivity index (χ2n) is 9.21. The smallest absolute Gasteiger partial charge is 0.272 e. The summed E-state index contributed by atoms with van der Waals surface area (Å²) in [5.41, 5.74) is 1.74. The van der Waals surface area contributed by atoms with Crippen molar-refractivity contribution in [1.82, 2.24) is 24.8 Å². The van der Waals surface area contributed by atoms with Crippen LogP contribution in [0.15, 0.2) is 35.4 Å². The molecule has 0 aliphatic carbocycles. The van der Waals surface area contributed by atoms with Gasteiger partial charge in [-0.15, -0.1) is 11.8 Å². The average Bonchev–Trinajstić information content (AvgIpc) is 3.25. The van der Waals surface area contributed by atoms with Crippen LogP contribution in [0.5, 0.6) is 5.88 Å². The van der Waals surface area contributed by atoms with E-state index in [1.807, 2.05) is 0 Å². The number of β-amino-alcohol motifs (C(OH)–C–C–N with tert-alkyl or cyclic N) is 1. The van der Waals surface area contributed by atoms with Crippen LogP contribution < -0.4 is 10.1 Å². The van der Waals surface area contributed by atoms with Crippen LogP contribution in [0.25, 0.3) is 11.0 Å². The van der Waals surface area contributed by atoms with Crippen molar-refractivity contribution in [2.24, 2.45) is 5.92 Å². The summed E-state index contributed by atoms with van der Waals surface area (Å²) < 4.78 is 19.8. The van der Waals surface area contributed by atoms with Gasteiger partial charge in [0.05, 0.1) is 41.1 Å². The van der Waals surface area contributed by atoms with Gasteiger partial charge in [-0.25, -0.2) is 14.4 Å². The minimum absolute atomic E-state index is 0.147. The number of fused-ring (bicyclic) bond motifs is 2. The number of nitrogens with zero attached hydrogens (tertiary/aromatic N) is 5. The highest BCUT2D eigenvalue weighted by atomic mass is 32.2. The summed E-state index contributed by atoms with van der Waals surface area (Å²) in [6, 6.07) is 6.86. The van der Waals surface area contributed by atoms with E-state index in [1.165, 1.54) is 30.0 Å². The SMILES string of the molecule is COc1ccc2ncc(F)c(CCN3C[C@H](CN(C)C(=O)c4ccc5c(n4)NC(=O)CS5)[C@H](O)C3)c2n1. The van der Waals surface area contributed by atoms with Crippen LogP contribution in [-0.4, -0.2) is 93.9 Å². The predicted octanol–water partition coefficient (Wildman–Crippen LogP) is 1.82. The number of carbonyl (C=O) groups excluding carboxylic acids is 2. The maximum atomic E-state index is 14.6.